The van der Waals surface area contributed by atoms with Crippen LogP contribution in [0.2, 0.25) is 5.02 Å². The molecule has 1 atom stereocenters. The van der Waals surface area contributed by atoms with E-state index in [1.807, 2.05) is 6.07 Å². The number of hydrogen-bond acceptors (Lipinski definition) is 3. The van der Waals surface area contributed by atoms with Crippen LogP contribution in [0.3, 0.4) is 0 Å². The monoisotopic (exact) mass is 275 g/mol. The zero-order valence-corrected chi connectivity index (χ0v) is 10.9. The molecule has 1 heterocycles. The SMILES string of the molecule is CC(Nc1nccc(C#N)c1Cl)c1ccccc1F. The van der Waals surface area contributed by atoms with Crippen molar-refractivity contribution in [1.82, 2.24) is 4.98 Å². The minimum atomic E-state index is -0.305. The quantitative estimate of drug-likeness (QED) is 0.924. The largest absolute Gasteiger partial charge is 0.362 e. The lowest BCUT2D eigenvalue weighted by Crippen LogP contribution is -2.10. The molecule has 2 rings (SSSR count). The third-order valence-corrected chi connectivity index (χ3v) is 3.12. The van der Waals surface area contributed by atoms with Gasteiger partial charge >= 0.3 is 0 Å². The van der Waals surface area contributed by atoms with E-state index in [0.29, 0.717) is 16.9 Å². The summed E-state index contributed by atoms with van der Waals surface area (Å²) in [5.74, 6) is 0.0755. The molecule has 96 valence electrons. The van der Waals surface area contributed by atoms with Gasteiger partial charge in [0, 0.05) is 11.8 Å². The first kappa shape index (κ1) is 13.3. The van der Waals surface area contributed by atoms with Crippen LogP contribution in [0.5, 0.6) is 0 Å². The van der Waals surface area contributed by atoms with E-state index < -0.39 is 0 Å². The molecular formula is C14H11ClFN3. The Balaban J connectivity index is 2.28. The average molecular weight is 276 g/mol. The molecule has 1 aromatic carbocycles. The van der Waals surface area contributed by atoms with Crippen molar-refractivity contribution in [3.8, 4) is 6.07 Å². The summed E-state index contributed by atoms with van der Waals surface area (Å²) in [6.07, 6.45) is 1.49. The molecule has 2 aromatic rings. The van der Waals surface area contributed by atoms with Crippen molar-refractivity contribution >= 4 is 17.4 Å². The summed E-state index contributed by atoms with van der Waals surface area (Å²) in [5, 5.41) is 12.1. The molecule has 0 amide bonds. The average Bonchev–Trinajstić information content (AvgIpc) is 2.41. The number of pyridine rings is 1. The van der Waals surface area contributed by atoms with Crippen molar-refractivity contribution in [2.24, 2.45) is 0 Å². The normalized spacial score (nSPS) is 11.7. The summed E-state index contributed by atoms with van der Waals surface area (Å²) in [7, 11) is 0. The van der Waals surface area contributed by atoms with Crippen LogP contribution in [-0.2, 0) is 0 Å². The van der Waals surface area contributed by atoms with E-state index in [2.05, 4.69) is 10.3 Å². The molecule has 0 aliphatic heterocycles. The molecule has 0 saturated carbocycles. The first-order chi connectivity index (χ1) is 9.13. The molecule has 1 N–H and O–H groups in total. The Hall–Kier alpha value is -2.12. The Morgan fingerprint density at radius 1 is 1.37 bits per heavy atom. The fourth-order valence-electron chi connectivity index (χ4n) is 1.74. The maximum absolute atomic E-state index is 13.6. The minimum Gasteiger partial charge on any atom is -0.362 e. The highest BCUT2D eigenvalue weighted by Crippen LogP contribution is 2.27. The van der Waals surface area contributed by atoms with Crippen LogP contribution in [0, 0.1) is 17.1 Å². The van der Waals surface area contributed by atoms with E-state index >= 15 is 0 Å². The van der Waals surface area contributed by atoms with Crippen LogP contribution in [0.15, 0.2) is 36.5 Å². The van der Waals surface area contributed by atoms with Crippen molar-refractivity contribution < 1.29 is 4.39 Å². The molecule has 5 heteroatoms. The number of anilines is 1. The summed E-state index contributed by atoms with van der Waals surface area (Å²) < 4.78 is 13.6. The maximum atomic E-state index is 13.6. The van der Waals surface area contributed by atoms with Gasteiger partial charge in [-0.25, -0.2) is 9.37 Å². The fraction of sp³-hybridized carbons (Fsp3) is 0.143. The third-order valence-electron chi connectivity index (χ3n) is 2.73. The second-order valence-electron chi connectivity index (χ2n) is 4.02. The summed E-state index contributed by atoms with van der Waals surface area (Å²) in [4.78, 5) is 4.07. The molecule has 0 bridgehead atoms. The Kier molecular flexibility index (Phi) is 3.98. The molecule has 0 fully saturated rings. The predicted molar refractivity (Wildman–Crippen MR) is 72.4 cm³/mol. The zero-order valence-electron chi connectivity index (χ0n) is 10.2. The highest BCUT2D eigenvalue weighted by Gasteiger charge is 2.13. The highest BCUT2D eigenvalue weighted by atomic mass is 35.5. The Bertz CT molecular complexity index is 637. The highest BCUT2D eigenvalue weighted by molar-refractivity contribution is 6.34. The Morgan fingerprint density at radius 3 is 2.79 bits per heavy atom. The van der Waals surface area contributed by atoms with Crippen molar-refractivity contribution in [3.05, 3.63) is 58.5 Å². The second-order valence-corrected chi connectivity index (χ2v) is 4.40. The smallest absolute Gasteiger partial charge is 0.146 e. The van der Waals surface area contributed by atoms with Gasteiger partial charge in [0.25, 0.3) is 0 Å². The van der Waals surface area contributed by atoms with Gasteiger partial charge in [-0.1, -0.05) is 29.8 Å². The van der Waals surface area contributed by atoms with E-state index in [1.165, 1.54) is 18.3 Å². The van der Waals surface area contributed by atoms with Crippen LogP contribution in [0.1, 0.15) is 24.1 Å². The number of benzene rings is 1. The van der Waals surface area contributed by atoms with Crippen molar-refractivity contribution in [3.63, 3.8) is 0 Å². The van der Waals surface area contributed by atoms with Gasteiger partial charge in [0.2, 0.25) is 0 Å². The van der Waals surface area contributed by atoms with Gasteiger partial charge in [0.05, 0.1) is 11.6 Å². The minimum absolute atomic E-state index is 0.244. The van der Waals surface area contributed by atoms with Crippen LogP contribution in [0.4, 0.5) is 10.2 Å². The van der Waals surface area contributed by atoms with Crippen molar-refractivity contribution in [1.29, 1.82) is 5.26 Å². The molecular weight excluding hydrogens is 265 g/mol. The molecule has 1 unspecified atom stereocenters. The molecule has 0 radical (unpaired) electrons. The van der Waals surface area contributed by atoms with Crippen molar-refractivity contribution in [2.75, 3.05) is 5.32 Å². The van der Waals surface area contributed by atoms with Gasteiger partial charge in [-0.2, -0.15) is 5.26 Å². The first-order valence-electron chi connectivity index (χ1n) is 5.69. The van der Waals surface area contributed by atoms with Gasteiger partial charge in [0.15, 0.2) is 0 Å². The van der Waals surface area contributed by atoms with Crippen LogP contribution >= 0.6 is 11.6 Å². The maximum Gasteiger partial charge on any atom is 0.146 e. The molecule has 1 aromatic heterocycles. The zero-order chi connectivity index (χ0) is 13.8. The summed E-state index contributed by atoms with van der Waals surface area (Å²) in [6.45, 7) is 1.80. The number of halogens is 2. The number of rotatable bonds is 3. The van der Waals surface area contributed by atoms with Gasteiger partial charge in [-0.15, -0.1) is 0 Å². The second kappa shape index (κ2) is 5.68. The molecule has 0 aliphatic carbocycles. The molecule has 0 aliphatic rings. The summed E-state index contributed by atoms with van der Waals surface area (Å²) in [6, 6.07) is 9.68. The predicted octanol–water partition coefficient (Wildman–Crippen LogP) is 3.92. The number of nitriles is 1. The van der Waals surface area contributed by atoms with Crippen molar-refractivity contribution in [2.45, 2.75) is 13.0 Å². The van der Waals surface area contributed by atoms with Gasteiger partial charge < -0.3 is 5.32 Å². The van der Waals surface area contributed by atoms with E-state index in [4.69, 9.17) is 16.9 Å². The first-order valence-corrected chi connectivity index (χ1v) is 6.07. The Morgan fingerprint density at radius 2 is 2.11 bits per heavy atom. The van der Waals surface area contributed by atoms with E-state index in [-0.39, 0.29) is 16.9 Å². The third kappa shape index (κ3) is 2.83. The lowest BCUT2D eigenvalue weighted by atomic mass is 10.1. The lowest BCUT2D eigenvalue weighted by Gasteiger charge is -2.16. The fourth-order valence-corrected chi connectivity index (χ4v) is 1.95. The molecule has 19 heavy (non-hydrogen) atoms. The number of nitrogens with zero attached hydrogens (tertiary/aromatic N) is 2. The van der Waals surface area contributed by atoms with Gasteiger partial charge in [-0.3, -0.25) is 0 Å². The number of hydrogen-bond donors (Lipinski definition) is 1. The standard InChI is InChI=1S/C14H11ClFN3/c1-9(11-4-2-3-5-12(11)16)19-14-13(15)10(8-17)6-7-18-14/h2-7,9H,1H3,(H,18,19). The number of aromatic nitrogens is 1. The molecule has 3 nitrogen and oxygen atoms in total. The topological polar surface area (TPSA) is 48.7 Å². The van der Waals surface area contributed by atoms with E-state index in [1.54, 1.807) is 25.1 Å². The summed E-state index contributed by atoms with van der Waals surface area (Å²) in [5.41, 5.74) is 0.850. The van der Waals surface area contributed by atoms with Crippen LogP contribution in [-0.4, -0.2) is 4.98 Å². The van der Waals surface area contributed by atoms with Crippen LogP contribution in [0.25, 0.3) is 0 Å². The Labute approximate surface area is 115 Å². The van der Waals surface area contributed by atoms with Crippen LogP contribution < -0.4 is 5.32 Å². The van der Waals surface area contributed by atoms with Gasteiger partial charge in [-0.05, 0) is 19.1 Å². The van der Waals surface area contributed by atoms with E-state index in [0.717, 1.165) is 0 Å². The van der Waals surface area contributed by atoms with E-state index in [9.17, 15) is 4.39 Å². The lowest BCUT2D eigenvalue weighted by molar-refractivity contribution is 0.600. The summed E-state index contributed by atoms with van der Waals surface area (Å²) >= 11 is 6.04. The molecule has 0 saturated heterocycles. The molecule has 0 spiro atoms. The van der Waals surface area contributed by atoms with Gasteiger partial charge in [0.1, 0.15) is 22.7 Å². The number of nitrogens with one attached hydrogen (secondary N) is 1.